The lowest BCUT2D eigenvalue weighted by Crippen LogP contribution is -2.41. The summed E-state index contributed by atoms with van der Waals surface area (Å²) in [7, 11) is 0. The first-order valence-corrected chi connectivity index (χ1v) is 7.88. The van der Waals surface area contributed by atoms with Gasteiger partial charge in [0, 0.05) is 13.0 Å². The van der Waals surface area contributed by atoms with Gasteiger partial charge in [0.15, 0.2) is 0 Å². The summed E-state index contributed by atoms with van der Waals surface area (Å²) in [5.74, 6) is 1.10. The van der Waals surface area contributed by atoms with Crippen molar-refractivity contribution in [1.82, 2.24) is 5.32 Å². The minimum atomic E-state index is -0.784. The van der Waals surface area contributed by atoms with Crippen LogP contribution in [0.2, 0.25) is 0 Å². The van der Waals surface area contributed by atoms with Crippen molar-refractivity contribution >= 4 is 5.91 Å². The van der Waals surface area contributed by atoms with Crippen molar-refractivity contribution in [3.63, 3.8) is 0 Å². The van der Waals surface area contributed by atoms with Crippen LogP contribution in [0.5, 0.6) is 0 Å². The molecule has 0 aromatic rings. The van der Waals surface area contributed by atoms with Crippen LogP contribution in [0, 0.1) is 11.8 Å². The third-order valence-electron chi connectivity index (χ3n) is 3.96. The lowest BCUT2D eigenvalue weighted by atomic mass is 9.93. The van der Waals surface area contributed by atoms with Gasteiger partial charge in [-0.15, -0.1) is 0 Å². The molecule has 0 bridgehead atoms. The van der Waals surface area contributed by atoms with Gasteiger partial charge in [-0.25, -0.2) is 0 Å². The molecule has 0 radical (unpaired) electrons. The Balaban J connectivity index is 2.26. The van der Waals surface area contributed by atoms with E-state index in [0.29, 0.717) is 24.8 Å². The van der Waals surface area contributed by atoms with Gasteiger partial charge < -0.3 is 10.4 Å². The van der Waals surface area contributed by atoms with Gasteiger partial charge in [-0.05, 0) is 38.0 Å². The fourth-order valence-electron chi connectivity index (χ4n) is 3.14. The topological polar surface area (TPSA) is 49.3 Å². The standard InChI is InChI=1S/C16H31NO2/c1-13(2)11-16(3,19)12-17-15(18)10-14-8-6-4-5-7-9-14/h13-14,19H,4-12H2,1-3H3,(H,17,18). The van der Waals surface area contributed by atoms with Gasteiger partial charge in [-0.3, -0.25) is 4.79 Å². The molecule has 0 heterocycles. The Bertz CT molecular complexity index is 266. The second-order valence-corrected chi connectivity index (χ2v) is 6.93. The summed E-state index contributed by atoms with van der Waals surface area (Å²) in [6.07, 6.45) is 8.91. The van der Waals surface area contributed by atoms with Gasteiger partial charge in [-0.1, -0.05) is 39.5 Å². The maximum atomic E-state index is 11.9. The van der Waals surface area contributed by atoms with Crippen LogP contribution in [0.3, 0.4) is 0 Å². The van der Waals surface area contributed by atoms with E-state index in [-0.39, 0.29) is 5.91 Å². The average Bonchev–Trinajstić information content (AvgIpc) is 2.53. The lowest BCUT2D eigenvalue weighted by Gasteiger charge is -2.26. The molecule has 3 nitrogen and oxygen atoms in total. The molecule has 0 aromatic carbocycles. The van der Waals surface area contributed by atoms with Gasteiger partial charge in [0.05, 0.1) is 5.60 Å². The Hall–Kier alpha value is -0.570. The van der Waals surface area contributed by atoms with Crippen molar-refractivity contribution in [2.45, 2.75) is 77.7 Å². The fourth-order valence-corrected chi connectivity index (χ4v) is 3.14. The molecule has 0 aromatic heterocycles. The Morgan fingerprint density at radius 3 is 2.37 bits per heavy atom. The molecule has 1 unspecified atom stereocenters. The predicted octanol–water partition coefficient (Wildman–Crippen LogP) is 3.26. The Labute approximate surface area is 118 Å². The minimum Gasteiger partial charge on any atom is -0.388 e. The third-order valence-corrected chi connectivity index (χ3v) is 3.96. The number of carbonyl (C=O) groups is 1. The smallest absolute Gasteiger partial charge is 0.220 e. The summed E-state index contributed by atoms with van der Waals surface area (Å²) in [5.41, 5.74) is -0.784. The summed E-state index contributed by atoms with van der Waals surface area (Å²) in [6.45, 7) is 6.35. The minimum absolute atomic E-state index is 0.107. The van der Waals surface area contributed by atoms with Crippen molar-refractivity contribution in [2.24, 2.45) is 11.8 Å². The van der Waals surface area contributed by atoms with E-state index >= 15 is 0 Å². The molecule has 3 heteroatoms. The zero-order valence-electron chi connectivity index (χ0n) is 12.9. The average molecular weight is 269 g/mol. The monoisotopic (exact) mass is 269 g/mol. The molecule has 1 saturated carbocycles. The van der Waals surface area contributed by atoms with E-state index in [9.17, 15) is 9.90 Å². The molecule has 1 aliphatic carbocycles. The first kappa shape index (κ1) is 16.5. The van der Waals surface area contributed by atoms with Crippen LogP contribution < -0.4 is 5.32 Å². The highest BCUT2D eigenvalue weighted by Crippen LogP contribution is 2.25. The van der Waals surface area contributed by atoms with E-state index in [4.69, 9.17) is 0 Å². The predicted molar refractivity (Wildman–Crippen MR) is 78.9 cm³/mol. The van der Waals surface area contributed by atoms with Crippen LogP contribution in [0.25, 0.3) is 0 Å². The van der Waals surface area contributed by atoms with Crippen LogP contribution in [0.1, 0.15) is 72.1 Å². The second-order valence-electron chi connectivity index (χ2n) is 6.93. The van der Waals surface area contributed by atoms with Gasteiger partial charge in [0.2, 0.25) is 5.91 Å². The number of amides is 1. The first-order valence-electron chi connectivity index (χ1n) is 7.88. The van der Waals surface area contributed by atoms with Crippen molar-refractivity contribution in [1.29, 1.82) is 0 Å². The second kappa shape index (κ2) is 7.88. The van der Waals surface area contributed by atoms with E-state index in [0.717, 1.165) is 6.42 Å². The molecule has 1 amide bonds. The Kier molecular flexibility index (Phi) is 6.84. The van der Waals surface area contributed by atoms with E-state index in [2.05, 4.69) is 19.2 Å². The van der Waals surface area contributed by atoms with Crippen molar-refractivity contribution in [2.75, 3.05) is 6.54 Å². The Morgan fingerprint density at radius 1 is 1.26 bits per heavy atom. The Morgan fingerprint density at radius 2 is 1.84 bits per heavy atom. The SMILES string of the molecule is CC(C)CC(C)(O)CNC(=O)CC1CCCCCC1. The van der Waals surface area contributed by atoms with Gasteiger partial charge in [0.25, 0.3) is 0 Å². The fraction of sp³-hybridized carbons (Fsp3) is 0.938. The molecule has 1 atom stereocenters. The van der Waals surface area contributed by atoms with Crippen LogP contribution in [0.4, 0.5) is 0 Å². The third kappa shape index (κ3) is 7.56. The first-order chi connectivity index (χ1) is 8.89. The summed E-state index contributed by atoms with van der Waals surface area (Å²) in [4.78, 5) is 11.9. The highest BCUT2D eigenvalue weighted by Gasteiger charge is 2.23. The molecular weight excluding hydrogens is 238 g/mol. The van der Waals surface area contributed by atoms with Crippen LogP contribution >= 0.6 is 0 Å². The van der Waals surface area contributed by atoms with E-state index in [1.807, 2.05) is 0 Å². The maximum Gasteiger partial charge on any atom is 0.220 e. The lowest BCUT2D eigenvalue weighted by molar-refractivity contribution is -0.123. The summed E-state index contributed by atoms with van der Waals surface area (Å²) >= 11 is 0. The molecule has 0 saturated heterocycles. The van der Waals surface area contributed by atoms with Gasteiger partial charge in [-0.2, -0.15) is 0 Å². The maximum absolute atomic E-state index is 11.9. The molecule has 1 fully saturated rings. The van der Waals surface area contributed by atoms with Crippen molar-refractivity contribution in [3.8, 4) is 0 Å². The summed E-state index contributed by atoms with van der Waals surface area (Å²) in [6, 6.07) is 0. The number of nitrogens with one attached hydrogen (secondary N) is 1. The number of hydrogen-bond donors (Lipinski definition) is 2. The van der Waals surface area contributed by atoms with Crippen LogP contribution in [-0.4, -0.2) is 23.2 Å². The molecule has 19 heavy (non-hydrogen) atoms. The number of hydrogen-bond acceptors (Lipinski definition) is 2. The van der Waals surface area contributed by atoms with E-state index in [1.165, 1.54) is 38.5 Å². The molecule has 2 N–H and O–H groups in total. The molecule has 112 valence electrons. The highest BCUT2D eigenvalue weighted by molar-refractivity contribution is 5.76. The van der Waals surface area contributed by atoms with E-state index in [1.54, 1.807) is 6.92 Å². The van der Waals surface area contributed by atoms with Gasteiger partial charge >= 0.3 is 0 Å². The quantitative estimate of drug-likeness (QED) is 0.727. The zero-order chi connectivity index (χ0) is 14.3. The van der Waals surface area contributed by atoms with Crippen molar-refractivity contribution < 1.29 is 9.90 Å². The van der Waals surface area contributed by atoms with E-state index < -0.39 is 5.60 Å². The van der Waals surface area contributed by atoms with Crippen LogP contribution in [0.15, 0.2) is 0 Å². The molecule has 1 rings (SSSR count). The molecule has 0 spiro atoms. The zero-order valence-corrected chi connectivity index (χ0v) is 12.9. The highest BCUT2D eigenvalue weighted by atomic mass is 16.3. The number of carbonyl (C=O) groups excluding carboxylic acids is 1. The van der Waals surface area contributed by atoms with Crippen LogP contribution in [-0.2, 0) is 4.79 Å². The molecule has 1 aliphatic rings. The molecule has 0 aliphatic heterocycles. The summed E-state index contributed by atoms with van der Waals surface area (Å²) < 4.78 is 0. The largest absolute Gasteiger partial charge is 0.388 e. The molecular formula is C16H31NO2. The van der Waals surface area contributed by atoms with Gasteiger partial charge in [0.1, 0.15) is 0 Å². The van der Waals surface area contributed by atoms with Crippen molar-refractivity contribution in [3.05, 3.63) is 0 Å². The number of rotatable bonds is 6. The summed E-state index contributed by atoms with van der Waals surface area (Å²) in [5, 5.41) is 13.1. The normalized spacial score (nSPS) is 20.9. The number of aliphatic hydroxyl groups is 1.